The molecule has 4 atom stereocenters. The maximum atomic E-state index is 12.4. The van der Waals surface area contributed by atoms with Gasteiger partial charge in [-0.15, -0.1) is 0 Å². The zero-order chi connectivity index (χ0) is 22.3. The lowest BCUT2D eigenvalue weighted by molar-refractivity contribution is -0.143. The molecule has 0 aromatic heterocycles. The second-order valence-corrected chi connectivity index (χ2v) is 7.77. The Kier molecular flexibility index (Phi) is 9.63. The molecule has 0 radical (unpaired) electrons. The fraction of sp³-hybridized carbons (Fsp3) is 0.350. The van der Waals surface area contributed by atoms with E-state index in [2.05, 4.69) is 40.2 Å². The number of hydrogen-bond acceptors (Lipinski definition) is 7. The second-order valence-electron chi connectivity index (χ2n) is 6.45. The molecule has 30 heavy (non-hydrogen) atoms. The molecule has 7 nitrogen and oxygen atoms in total. The minimum absolute atomic E-state index is 0.0301. The topological polar surface area (TPSA) is 75.3 Å². The Hall–Kier alpha value is -1.59. The quantitative estimate of drug-likeness (QED) is 0.369. The number of methoxy groups -OCH3 is 3. The van der Waals surface area contributed by atoms with Crippen LogP contribution in [0.1, 0.15) is 30.0 Å². The summed E-state index contributed by atoms with van der Waals surface area (Å²) in [6, 6.07) is 8.59. The van der Waals surface area contributed by atoms with Gasteiger partial charge in [-0.25, -0.2) is 4.79 Å². The largest absolute Gasteiger partial charge is 0.496 e. The van der Waals surface area contributed by atoms with Crippen molar-refractivity contribution in [2.45, 2.75) is 18.9 Å². The van der Waals surface area contributed by atoms with Crippen LogP contribution in [0.2, 0.25) is 0 Å². The molecule has 0 aliphatic rings. The van der Waals surface area contributed by atoms with E-state index in [1.807, 2.05) is 31.2 Å². The molecule has 2 aromatic rings. The number of nitrogens with one attached hydrogen (secondary N) is 1. The molecule has 2 aromatic carbocycles. The minimum Gasteiger partial charge on any atom is -0.496 e. The van der Waals surface area contributed by atoms with Crippen LogP contribution in [0.15, 0.2) is 34.8 Å². The Labute approximate surface area is 189 Å². The predicted octanol–water partition coefficient (Wildman–Crippen LogP) is 4.41. The lowest BCUT2D eigenvalue weighted by Gasteiger charge is -2.22. The van der Waals surface area contributed by atoms with E-state index < -0.39 is 6.04 Å². The van der Waals surface area contributed by atoms with Gasteiger partial charge in [0.05, 0.1) is 44.7 Å². The molecule has 0 spiro atoms. The summed E-state index contributed by atoms with van der Waals surface area (Å²) in [6.45, 7) is 2.54. The van der Waals surface area contributed by atoms with Crippen LogP contribution >= 0.6 is 34.9 Å². The first kappa shape index (κ1) is 24.7. The van der Waals surface area contributed by atoms with Gasteiger partial charge in [-0.3, -0.25) is 0 Å². The van der Waals surface area contributed by atoms with Crippen molar-refractivity contribution in [3.63, 3.8) is 0 Å². The van der Waals surface area contributed by atoms with Gasteiger partial charge in [-0.1, -0.05) is 13.0 Å². The minimum atomic E-state index is -0.632. The lowest BCUT2D eigenvalue weighted by atomic mass is 9.99. The van der Waals surface area contributed by atoms with E-state index in [1.54, 1.807) is 20.3 Å². The number of rotatable bonds is 10. The summed E-state index contributed by atoms with van der Waals surface area (Å²) in [5.74, 6) is 1.91. The Morgan fingerprint density at radius 2 is 1.63 bits per heavy atom. The van der Waals surface area contributed by atoms with Gasteiger partial charge in [-0.2, -0.15) is 0 Å². The maximum Gasteiger partial charge on any atom is 0.327 e. The van der Waals surface area contributed by atoms with Crippen LogP contribution in [0.25, 0.3) is 0 Å². The summed E-state index contributed by atoms with van der Waals surface area (Å²) in [7, 11) is 8.93. The number of esters is 1. The van der Waals surface area contributed by atoms with E-state index in [4.69, 9.17) is 23.3 Å². The Morgan fingerprint density at radius 3 is 2.10 bits per heavy atom. The molecule has 0 aliphatic carbocycles. The van der Waals surface area contributed by atoms with Crippen molar-refractivity contribution in [2.75, 3.05) is 27.9 Å². The SMILES string of the molecule is COC(=O)[C@H](NC[C@H](C)c1cc(OP)c(OC)c(OP)c1)c1ccc(OC)c(Br)c1. The van der Waals surface area contributed by atoms with Crippen molar-refractivity contribution in [3.05, 3.63) is 45.9 Å². The van der Waals surface area contributed by atoms with Crippen molar-refractivity contribution in [2.24, 2.45) is 0 Å². The van der Waals surface area contributed by atoms with Crippen LogP contribution in [0, 0.1) is 0 Å². The van der Waals surface area contributed by atoms with Crippen LogP contribution in [-0.4, -0.2) is 33.8 Å². The van der Waals surface area contributed by atoms with E-state index in [1.165, 1.54) is 7.11 Å². The number of hydrogen-bond donors (Lipinski definition) is 1. The zero-order valence-electron chi connectivity index (χ0n) is 17.2. The van der Waals surface area contributed by atoms with Crippen LogP contribution < -0.4 is 23.8 Å². The molecule has 0 saturated carbocycles. The summed E-state index contributed by atoms with van der Waals surface area (Å²) in [6.07, 6.45) is 0. The van der Waals surface area contributed by atoms with Gasteiger partial charge in [0.15, 0.2) is 11.5 Å². The van der Waals surface area contributed by atoms with Crippen LogP contribution in [0.3, 0.4) is 0 Å². The van der Waals surface area contributed by atoms with E-state index in [9.17, 15) is 4.79 Å². The smallest absolute Gasteiger partial charge is 0.327 e. The number of carbonyl (C=O) groups excluding carboxylic acids is 1. The molecule has 0 bridgehead atoms. The highest BCUT2D eigenvalue weighted by Crippen LogP contribution is 2.42. The standard InChI is InChI=1S/C20H26BrNO6P2/c1-11(13-8-16(27-29)19(25-3)17(9-13)28-30)10-22-18(20(23)26-4)12-5-6-15(24-2)14(21)7-12/h5-9,11,18,22H,10,29-30H2,1-4H3/t11-,18+/m0/s1. The Bertz CT molecular complexity index is 857. The van der Waals surface area contributed by atoms with Gasteiger partial charge in [0.1, 0.15) is 11.8 Å². The molecule has 2 unspecified atom stereocenters. The molecule has 2 rings (SSSR count). The number of benzene rings is 2. The zero-order valence-corrected chi connectivity index (χ0v) is 21.1. The van der Waals surface area contributed by atoms with Gasteiger partial charge in [0.25, 0.3) is 0 Å². The van der Waals surface area contributed by atoms with Crippen molar-refractivity contribution in [1.82, 2.24) is 5.32 Å². The molecule has 10 heteroatoms. The summed E-state index contributed by atoms with van der Waals surface area (Å²) in [4.78, 5) is 12.4. The van der Waals surface area contributed by atoms with Crippen molar-refractivity contribution >= 4 is 40.8 Å². The molecule has 0 heterocycles. The third-order valence-corrected chi connectivity index (χ3v) is 5.77. The van der Waals surface area contributed by atoms with Gasteiger partial charge >= 0.3 is 5.97 Å². The van der Waals surface area contributed by atoms with Gasteiger partial charge in [0, 0.05) is 6.54 Å². The first-order valence-electron chi connectivity index (χ1n) is 9.00. The summed E-state index contributed by atoms with van der Waals surface area (Å²) < 4.78 is 27.1. The van der Waals surface area contributed by atoms with Crippen molar-refractivity contribution in [3.8, 4) is 23.0 Å². The first-order valence-corrected chi connectivity index (χ1v) is 10.7. The number of ether oxygens (including phenoxy) is 3. The van der Waals surface area contributed by atoms with E-state index in [-0.39, 0.29) is 11.9 Å². The second kappa shape index (κ2) is 11.7. The van der Waals surface area contributed by atoms with Crippen LogP contribution in [0.4, 0.5) is 0 Å². The van der Waals surface area contributed by atoms with Gasteiger partial charge in [-0.05, 0) is 57.2 Å². The maximum absolute atomic E-state index is 12.4. The molecular weight excluding hydrogens is 492 g/mol. The molecule has 0 aliphatic heterocycles. The predicted molar refractivity (Wildman–Crippen MR) is 126 cm³/mol. The highest BCUT2D eigenvalue weighted by atomic mass is 79.9. The first-order chi connectivity index (χ1) is 14.4. The normalized spacial score (nSPS) is 12.6. The molecule has 0 fully saturated rings. The average Bonchev–Trinajstić information content (AvgIpc) is 2.77. The molecule has 0 saturated heterocycles. The van der Waals surface area contributed by atoms with E-state index >= 15 is 0 Å². The third-order valence-electron chi connectivity index (χ3n) is 4.64. The summed E-state index contributed by atoms with van der Waals surface area (Å²) >= 11 is 3.46. The molecule has 1 N–H and O–H groups in total. The van der Waals surface area contributed by atoms with Crippen molar-refractivity contribution in [1.29, 1.82) is 0 Å². The van der Waals surface area contributed by atoms with E-state index in [0.717, 1.165) is 15.6 Å². The molecule has 164 valence electrons. The van der Waals surface area contributed by atoms with Gasteiger partial charge < -0.3 is 28.6 Å². The summed E-state index contributed by atoms with van der Waals surface area (Å²) in [5.41, 5.74) is 1.72. The fourth-order valence-corrected chi connectivity index (χ4v) is 3.90. The lowest BCUT2D eigenvalue weighted by Crippen LogP contribution is -2.32. The van der Waals surface area contributed by atoms with Crippen molar-refractivity contribution < 1.29 is 28.1 Å². The van der Waals surface area contributed by atoms with Crippen LogP contribution in [0.5, 0.6) is 23.0 Å². The van der Waals surface area contributed by atoms with Gasteiger partial charge in [0.2, 0.25) is 5.75 Å². The monoisotopic (exact) mass is 517 g/mol. The summed E-state index contributed by atoms with van der Waals surface area (Å²) in [5, 5.41) is 3.29. The molecule has 0 amide bonds. The fourth-order valence-electron chi connectivity index (χ4n) is 2.99. The third kappa shape index (κ3) is 5.76. The molecular formula is C20H26BrNO6P2. The van der Waals surface area contributed by atoms with Crippen LogP contribution in [-0.2, 0) is 9.53 Å². The highest BCUT2D eigenvalue weighted by Gasteiger charge is 2.24. The number of halogens is 1. The average molecular weight is 518 g/mol. The highest BCUT2D eigenvalue weighted by molar-refractivity contribution is 9.10. The van der Waals surface area contributed by atoms with E-state index in [0.29, 0.717) is 29.5 Å². The Balaban J connectivity index is 2.25. The Morgan fingerprint density at radius 1 is 1.00 bits per heavy atom. The number of carbonyl (C=O) groups is 1.